The van der Waals surface area contributed by atoms with E-state index in [1.165, 1.54) is 0 Å². The molecule has 16 heavy (non-hydrogen) atoms. The maximum atomic E-state index is 11.6. The van der Waals surface area contributed by atoms with Crippen molar-refractivity contribution < 1.29 is 14.7 Å². The van der Waals surface area contributed by atoms with Crippen molar-refractivity contribution in [3.05, 3.63) is 0 Å². The fourth-order valence-corrected chi connectivity index (χ4v) is 1.32. The number of carbonyl (C=O) groups excluding carboxylic acids is 1. The van der Waals surface area contributed by atoms with E-state index in [9.17, 15) is 9.59 Å². The van der Waals surface area contributed by atoms with Gasteiger partial charge in [0, 0.05) is 26.4 Å². The van der Waals surface area contributed by atoms with Gasteiger partial charge in [-0.05, 0) is 25.2 Å². The molecular formula is C12H23NO3. The summed E-state index contributed by atoms with van der Waals surface area (Å²) in [5.74, 6) is -0.0751. The fourth-order valence-electron chi connectivity index (χ4n) is 1.32. The summed E-state index contributed by atoms with van der Waals surface area (Å²) in [6.45, 7) is 5.05. The van der Waals surface area contributed by atoms with Gasteiger partial charge in [0.2, 0.25) is 5.91 Å². The summed E-state index contributed by atoms with van der Waals surface area (Å²) < 4.78 is 0. The van der Waals surface area contributed by atoms with E-state index in [4.69, 9.17) is 5.11 Å². The first-order valence-corrected chi connectivity index (χ1v) is 5.89. The van der Waals surface area contributed by atoms with E-state index in [2.05, 4.69) is 13.8 Å². The van der Waals surface area contributed by atoms with Gasteiger partial charge in [-0.25, -0.2) is 0 Å². The highest BCUT2D eigenvalue weighted by atomic mass is 16.4. The lowest BCUT2D eigenvalue weighted by Crippen LogP contribution is -2.28. The summed E-state index contributed by atoms with van der Waals surface area (Å²) in [5.41, 5.74) is 0. The van der Waals surface area contributed by atoms with E-state index in [0.29, 0.717) is 25.2 Å². The van der Waals surface area contributed by atoms with Crippen LogP contribution < -0.4 is 0 Å². The molecule has 0 rings (SSSR count). The van der Waals surface area contributed by atoms with Gasteiger partial charge in [-0.2, -0.15) is 0 Å². The molecule has 0 atom stereocenters. The molecule has 0 aliphatic carbocycles. The molecule has 1 amide bonds. The second kappa shape index (κ2) is 8.13. The van der Waals surface area contributed by atoms with Crippen LogP contribution in [-0.2, 0) is 9.59 Å². The number of amides is 1. The third-order valence-corrected chi connectivity index (χ3v) is 2.50. The van der Waals surface area contributed by atoms with Crippen LogP contribution in [0.5, 0.6) is 0 Å². The quantitative estimate of drug-likeness (QED) is 0.649. The van der Waals surface area contributed by atoms with Crippen molar-refractivity contribution in [2.75, 3.05) is 13.6 Å². The van der Waals surface area contributed by atoms with Crippen molar-refractivity contribution in [1.82, 2.24) is 4.90 Å². The van der Waals surface area contributed by atoms with Crippen molar-refractivity contribution in [3.63, 3.8) is 0 Å². The molecule has 0 fully saturated rings. The number of hydrogen-bond donors (Lipinski definition) is 1. The summed E-state index contributed by atoms with van der Waals surface area (Å²) in [5, 5.41) is 8.44. The van der Waals surface area contributed by atoms with Gasteiger partial charge in [-0.1, -0.05) is 13.8 Å². The lowest BCUT2D eigenvalue weighted by molar-refractivity contribution is -0.137. The van der Waals surface area contributed by atoms with E-state index >= 15 is 0 Å². The SMILES string of the molecule is CC(C)CCN(C)C(=O)CCCCC(=O)O. The van der Waals surface area contributed by atoms with Gasteiger partial charge in [0.1, 0.15) is 0 Å². The van der Waals surface area contributed by atoms with Crippen LogP contribution >= 0.6 is 0 Å². The van der Waals surface area contributed by atoms with Crippen molar-refractivity contribution in [2.24, 2.45) is 5.92 Å². The van der Waals surface area contributed by atoms with Gasteiger partial charge in [0.15, 0.2) is 0 Å². The molecular weight excluding hydrogens is 206 g/mol. The van der Waals surface area contributed by atoms with Crippen molar-refractivity contribution in [1.29, 1.82) is 0 Å². The molecule has 0 aromatic carbocycles. The highest BCUT2D eigenvalue weighted by Gasteiger charge is 2.09. The molecule has 0 saturated carbocycles. The monoisotopic (exact) mass is 229 g/mol. The molecule has 0 bridgehead atoms. The van der Waals surface area contributed by atoms with Crippen LogP contribution in [0.3, 0.4) is 0 Å². The third kappa shape index (κ3) is 8.26. The molecule has 0 unspecified atom stereocenters. The Morgan fingerprint density at radius 1 is 1.19 bits per heavy atom. The van der Waals surface area contributed by atoms with Crippen molar-refractivity contribution in [3.8, 4) is 0 Å². The van der Waals surface area contributed by atoms with Gasteiger partial charge < -0.3 is 10.0 Å². The Labute approximate surface area is 97.6 Å². The first-order valence-electron chi connectivity index (χ1n) is 5.89. The zero-order chi connectivity index (χ0) is 12.6. The predicted octanol–water partition coefficient (Wildman–Crippen LogP) is 2.14. The predicted molar refractivity (Wildman–Crippen MR) is 63.2 cm³/mol. The lowest BCUT2D eigenvalue weighted by Gasteiger charge is -2.18. The summed E-state index contributed by atoms with van der Waals surface area (Å²) in [7, 11) is 1.81. The average molecular weight is 229 g/mol. The molecule has 1 N–H and O–H groups in total. The second-order valence-corrected chi connectivity index (χ2v) is 4.60. The number of carbonyl (C=O) groups is 2. The Balaban J connectivity index is 3.59. The largest absolute Gasteiger partial charge is 0.481 e. The highest BCUT2D eigenvalue weighted by Crippen LogP contribution is 2.05. The molecule has 94 valence electrons. The van der Waals surface area contributed by atoms with Crippen molar-refractivity contribution in [2.45, 2.75) is 46.0 Å². The number of carboxylic acids is 1. The van der Waals surface area contributed by atoms with E-state index in [1.54, 1.807) is 4.90 Å². The summed E-state index contributed by atoms with van der Waals surface area (Å²) in [4.78, 5) is 23.6. The van der Waals surface area contributed by atoms with Crippen LogP contribution in [0.4, 0.5) is 0 Å². The molecule has 0 radical (unpaired) electrons. The Bertz CT molecular complexity index is 226. The van der Waals surface area contributed by atoms with Crippen LogP contribution in [0.2, 0.25) is 0 Å². The lowest BCUT2D eigenvalue weighted by atomic mass is 10.1. The summed E-state index contributed by atoms with van der Waals surface area (Å²) >= 11 is 0. The highest BCUT2D eigenvalue weighted by molar-refractivity contribution is 5.75. The standard InChI is InChI=1S/C12H23NO3/c1-10(2)8-9-13(3)11(14)6-4-5-7-12(15)16/h10H,4-9H2,1-3H3,(H,15,16). The number of carboxylic acid groups (broad SMARTS) is 1. The van der Waals surface area contributed by atoms with Crippen molar-refractivity contribution >= 4 is 11.9 Å². The van der Waals surface area contributed by atoms with E-state index < -0.39 is 5.97 Å². The maximum Gasteiger partial charge on any atom is 0.303 e. The molecule has 0 spiro atoms. The summed E-state index contributed by atoms with van der Waals surface area (Å²) in [6, 6.07) is 0. The van der Waals surface area contributed by atoms with Crippen LogP contribution in [0, 0.1) is 5.92 Å². The maximum absolute atomic E-state index is 11.6. The summed E-state index contributed by atoms with van der Waals surface area (Å²) in [6.07, 6.45) is 2.87. The molecule has 0 aliphatic heterocycles. The molecule has 0 heterocycles. The number of unbranched alkanes of at least 4 members (excludes halogenated alkanes) is 1. The second-order valence-electron chi connectivity index (χ2n) is 4.60. The third-order valence-electron chi connectivity index (χ3n) is 2.50. The Kier molecular flexibility index (Phi) is 7.60. The minimum atomic E-state index is -0.791. The first-order chi connectivity index (χ1) is 7.43. The van der Waals surface area contributed by atoms with Gasteiger partial charge >= 0.3 is 5.97 Å². The van der Waals surface area contributed by atoms with Crippen LogP contribution in [0.1, 0.15) is 46.0 Å². The van der Waals surface area contributed by atoms with Gasteiger partial charge in [0.25, 0.3) is 0 Å². The Morgan fingerprint density at radius 3 is 2.25 bits per heavy atom. The zero-order valence-corrected chi connectivity index (χ0v) is 10.5. The fraction of sp³-hybridized carbons (Fsp3) is 0.833. The first kappa shape index (κ1) is 14.9. The normalized spacial score (nSPS) is 10.5. The topological polar surface area (TPSA) is 57.6 Å². The Morgan fingerprint density at radius 2 is 1.75 bits per heavy atom. The van der Waals surface area contributed by atoms with Gasteiger partial charge in [-0.15, -0.1) is 0 Å². The number of rotatable bonds is 8. The van der Waals surface area contributed by atoms with Crippen LogP contribution in [0.25, 0.3) is 0 Å². The molecule has 4 heteroatoms. The van der Waals surface area contributed by atoms with Crippen LogP contribution in [0.15, 0.2) is 0 Å². The molecule has 0 aromatic rings. The van der Waals surface area contributed by atoms with Gasteiger partial charge in [0.05, 0.1) is 0 Å². The van der Waals surface area contributed by atoms with E-state index in [-0.39, 0.29) is 12.3 Å². The van der Waals surface area contributed by atoms with E-state index in [1.807, 2.05) is 7.05 Å². The average Bonchev–Trinajstić information content (AvgIpc) is 2.20. The molecule has 0 aliphatic rings. The molecule has 4 nitrogen and oxygen atoms in total. The molecule has 0 saturated heterocycles. The Hall–Kier alpha value is -1.06. The van der Waals surface area contributed by atoms with Crippen LogP contribution in [-0.4, -0.2) is 35.5 Å². The minimum Gasteiger partial charge on any atom is -0.481 e. The molecule has 0 aromatic heterocycles. The minimum absolute atomic E-state index is 0.117. The number of nitrogens with zero attached hydrogens (tertiary/aromatic N) is 1. The zero-order valence-electron chi connectivity index (χ0n) is 10.5. The van der Waals surface area contributed by atoms with E-state index in [0.717, 1.165) is 13.0 Å². The number of hydrogen-bond acceptors (Lipinski definition) is 2. The number of aliphatic carboxylic acids is 1. The smallest absolute Gasteiger partial charge is 0.303 e. The van der Waals surface area contributed by atoms with Gasteiger partial charge in [-0.3, -0.25) is 9.59 Å².